The monoisotopic (exact) mass is 262 g/mol. The molecule has 1 saturated carbocycles. The van der Waals surface area contributed by atoms with Crippen molar-refractivity contribution in [3.63, 3.8) is 0 Å². The van der Waals surface area contributed by atoms with Gasteiger partial charge in [0.1, 0.15) is 5.82 Å². The number of benzene rings is 1. The van der Waals surface area contributed by atoms with Gasteiger partial charge in [0.25, 0.3) is 0 Å². The van der Waals surface area contributed by atoms with Crippen molar-refractivity contribution < 1.29 is 4.39 Å². The number of nitrogens with two attached hydrogens (primary N) is 1. The number of anilines is 1. The first-order valence-corrected chi connectivity index (χ1v) is 7.37. The highest BCUT2D eigenvalue weighted by atomic mass is 19.1. The molecule has 0 amide bonds. The smallest absolute Gasteiger partial charge is 0.126 e. The summed E-state index contributed by atoms with van der Waals surface area (Å²) in [7, 11) is 0. The van der Waals surface area contributed by atoms with Crippen molar-refractivity contribution in [2.24, 2.45) is 17.6 Å². The fourth-order valence-electron chi connectivity index (χ4n) is 3.75. The lowest BCUT2D eigenvalue weighted by molar-refractivity contribution is 0.494. The maximum Gasteiger partial charge on any atom is 0.126 e. The van der Waals surface area contributed by atoms with Gasteiger partial charge in [-0.3, -0.25) is 0 Å². The molecule has 19 heavy (non-hydrogen) atoms. The second kappa shape index (κ2) is 4.78. The molecular formula is C16H23FN2. The number of aryl methyl sites for hydroxylation is 1. The van der Waals surface area contributed by atoms with Crippen molar-refractivity contribution in [3.05, 3.63) is 29.1 Å². The highest BCUT2D eigenvalue weighted by molar-refractivity contribution is 5.58. The molecular weight excluding hydrogens is 239 g/mol. The average Bonchev–Trinajstić information content (AvgIpc) is 2.92. The minimum absolute atomic E-state index is 0.120. The van der Waals surface area contributed by atoms with Gasteiger partial charge in [-0.15, -0.1) is 0 Å². The summed E-state index contributed by atoms with van der Waals surface area (Å²) in [5, 5.41) is 0. The quantitative estimate of drug-likeness (QED) is 0.885. The van der Waals surface area contributed by atoms with E-state index in [1.165, 1.54) is 19.3 Å². The van der Waals surface area contributed by atoms with E-state index in [1.807, 2.05) is 19.9 Å². The summed E-state index contributed by atoms with van der Waals surface area (Å²) < 4.78 is 13.8. The summed E-state index contributed by atoms with van der Waals surface area (Å²) in [6.07, 6.45) is 4.09. The number of nitrogens with zero attached hydrogens (tertiary/aromatic N) is 1. The van der Waals surface area contributed by atoms with E-state index in [9.17, 15) is 4.39 Å². The van der Waals surface area contributed by atoms with Crippen LogP contribution in [0.25, 0.3) is 0 Å². The van der Waals surface area contributed by atoms with E-state index in [4.69, 9.17) is 5.73 Å². The van der Waals surface area contributed by atoms with E-state index >= 15 is 0 Å². The first-order valence-electron chi connectivity index (χ1n) is 7.37. The number of rotatable bonds is 2. The van der Waals surface area contributed by atoms with Crippen LogP contribution in [-0.4, -0.2) is 13.1 Å². The molecule has 104 valence electrons. The maximum atomic E-state index is 13.8. The third kappa shape index (κ3) is 2.25. The van der Waals surface area contributed by atoms with Gasteiger partial charge >= 0.3 is 0 Å². The molecule has 1 aromatic carbocycles. The lowest BCUT2D eigenvalue weighted by Gasteiger charge is -2.25. The third-order valence-corrected chi connectivity index (χ3v) is 4.87. The molecule has 2 N–H and O–H groups in total. The highest BCUT2D eigenvalue weighted by Gasteiger charge is 2.36. The van der Waals surface area contributed by atoms with Gasteiger partial charge in [0.15, 0.2) is 0 Å². The Labute approximate surface area is 114 Å². The zero-order valence-electron chi connectivity index (χ0n) is 11.8. The number of halogens is 1. The topological polar surface area (TPSA) is 29.3 Å². The van der Waals surface area contributed by atoms with Crippen LogP contribution >= 0.6 is 0 Å². The Bertz CT molecular complexity index is 472. The van der Waals surface area contributed by atoms with Crippen LogP contribution in [-0.2, 0) is 0 Å². The molecule has 2 nitrogen and oxygen atoms in total. The fourth-order valence-corrected chi connectivity index (χ4v) is 3.75. The molecule has 2 aliphatic rings. The van der Waals surface area contributed by atoms with E-state index in [-0.39, 0.29) is 11.9 Å². The van der Waals surface area contributed by atoms with Crippen LogP contribution < -0.4 is 10.6 Å². The van der Waals surface area contributed by atoms with Crippen LogP contribution in [0, 0.1) is 24.6 Å². The molecule has 2 fully saturated rings. The molecule has 1 aliphatic heterocycles. The zero-order chi connectivity index (χ0) is 13.6. The van der Waals surface area contributed by atoms with Gasteiger partial charge in [0, 0.05) is 24.8 Å². The summed E-state index contributed by atoms with van der Waals surface area (Å²) in [4.78, 5) is 2.43. The minimum atomic E-state index is -0.143. The van der Waals surface area contributed by atoms with Crippen LogP contribution in [0.3, 0.4) is 0 Å². The maximum absolute atomic E-state index is 13.8. The lowest BCUT2D eigenvalue weighted by atomic mass is 10.0. The van der Waals surface area contributed by atoms with E-state index < -0.39 is 0 Å². The number of hydrogen-bond acceptors (Lipinski definition) is 2. The molecule has 3 rings (SSSR count). The van der Waals surface area contributed by atoms with E-state index in [2.05, 4.69) is 4.90 Å². The Balaban J connectivity index is 1.93. The molecule has 0 radical (unpaired) electrons. The molecule has 0 spiro atoms. The predicted molar refractivity (Wildman–Crippen MR) is 76.8 cm³/mol. The van der Waals surface area contributed by atoms with Gasteiger partial charge in [-0.1, -0.05) is 6.42 Å². The Morgan fingerprint density at radius 1 is 1.26 bits per heavy atom. The molecule has 1 heterocycles. The van der Waals surface area contributed by atoms with Crippen molar-refractivity contribution in [3.8, 4) is 0 Å². The summed E-state index contributed by atoms with van der Waals surface area (Å²) >= 11 is 0. The first-order chi connectivity index (χ1) is 9.06. The summed E-state index contributed by atoms with van der Waals surface area (Å²) in [6.45, 7) is 6.01. The van der Waals surface area contributed by atoms with Gasteiger partial charge in [-0.05, 0) is 61.8 Å². The molecule has 0 bridgehead atoms. The summed E-state index contributed by atoms with van der Waals surface area (Å²) in [5.74, 6) is 1.54. The molecule has 1 saturated heterocycles. The van der Waals surface area contributed by atoms with Crippen molar-refractivity contribution in [2.45, 2.75) is 39.2 Å². The van der Waals surface area contributed by atoms with Crippen molar-refractivity contribution in [1.82, 2.24) is 0 Å². The Hall–Kier alpha value is -1.09. The highest BCUT2D eigenvalue weighted by Crippen LogP contribution is 2.41. The van der Waals surface area contributed by atoms with Gasteiger partial charge < -0.3 is 10.6 Å². The standard InChI is InChI=1S/C16H23FN2/c1-10-6-16(14(11(2)18)7-15(10)17)19-8-12-4-3-5-13(12)9-19/h6-7,11-13H,3-5,8-9,18H2,1-2H3/t11-,12?,13?/m0/s1. The molecule has 1 aliphatic carbocycles. The van der Waals surface area contributed by atoms with Gasteiger partial charge in [0.05, 0.1) is 0 Å². The second-order valence-electron chi connectivity index (χ2n) is 6.30. The fraction of sp³-hybridized carbons (Fsp3) is 0.625. The number of fused-ring (bicyclic) bond motifs is 1. The average molecular weight is 262 g/mol. The summed E-state index contributed by atoms with van der Waals surface area (Å²) in [6, 6.07) is 3.49. The van der Waals surface area contributed by atoms with Crippen molar-refractivity contribution in [2.75, 3.05) is 18.0 Å². The van der Waals surface area contributed by atoms with Gasteiger partial charge in [-0.25, -0.2) is 4.39 Å². The van der Waals surface area contributed by atoms with Crippen LogP contribution in [0.1, 0.15) is 43.4 Å². The van der Waals surface area contributed by atoms with Crippen molar-refractivity contribution in [1.29, 1.82) is 0 Å². The second-order valence-corrected chi connectivity index (χ2v) is 6.30. The SMILES string of the molecule is Cc1cc(N2CC3CCCC3C2)c([C@H](C)N)cc1F. The third-order valence-electron chi connectivity index (χ3n) is 4.87. The zero-order valence-corrected chi connectivity index (χ0v) is 11.8. The molecule has 2 unspecified atom stereocenters. The van der Waals surface area contributed by atoms with Gasteiger partial charge in [0.2, 0.25) is 0 Å². The Kier molecular flexibility index (Phi) is 3.25. The summed E-state index contributed by atoms with van der Waals surface area (Å²) in [5.41, 5.74) is 8.85. The van der Waals surface area contributed by atoms with Gasteiger partial charge in [-0.2, -0.15) is 0 Å². The van der Waals surface area contributed by atoms with E-state index in [0.29, 0.717) is 0 Å². The molecule has 1 aromatic rings. The van der Waals surface area contributed by atoms with E-state index in [0.717, 1.165) is 41.7 Å². The Morgan fingerprint density at radius 2 is 1.89 bits per heavy atom. The lowest BCUT2D eigenvalue weighted by Crippen LogP contribution is -2.24. The predicted octanol–water partition coefficient (Wildman–Crippen LogP) is 3.39. The van der Waals surface area contributed by atoms with Crippen LogP contribution in [0.15, 0.2) is 12.1 Å². The number of hydrogen-bond donors (Lipinski definition) is 1. The molecule has 3 atom stereocenters. The largest absolute Gasteiger partial charge is 0.371 e. The first kappa shape index (κ1) is 12.9. The molecule has 0 aromatic heterocycles. The van der Waals surface area contributed by atoms with E-state index in [1.54, 1.807) is 6.07 Å². The van der Waals surface area contributed by atoms with Crippen LogP contribution in [0.5, 0.6) is 0 Å². The molecule has 3 heteroatoms. The minimum Gasteiger partial charge on any atom is -0.371 e. The van der Waals surface area contributed by atoms with Crippen LogP contribution in [0.2, 0.25) is 0 Å². The Morgan fingerprint density at radius 3 is 2.47 bits per heavy atom. The van der Waals surface area contributed by atoms with Crippen LogP contribution in [0.4, 0.5) is 10.1 Å². The van der Waals surface area contributed by atoms with Crippen molar-refractivity contribution >= 4 is 5.69 Å². The normalized spacial score (nSPS) is 27.7.